The number of carbonyl (C=O) groups is 2. The summed E-state index contributed by atoms with van der Waals surface area (Å²) >= 11 is 0. The lowest BCUT2D eigenvalue weighted by atomic mass is 10.2. The van der Waals surface area contributed by atoms with Gasteiger partial charge in [0, 0.05) is 38.7 Å². The second-order valence-corrected chi connectivity index (χ2v) is 6.08. The average Bonchev–Trinajstić information content (AvgIpc) is 3.09. The lowest BCUT2D eigenvalue weighted by Crippen LogP contribution is -2.39. The van der Waals surface area contributed by atoms with Crippen molar-refractivity contribution in [1.82, 2.24) is 15.1 Å². The van der Waals surface area contributed by atoms with E-state index in [9.17, 15) is 22.8 Å². The molecule has 1 aromatic rings. The van der Waals surface area contributed by atoms with E-state index in [-0.39, 0.29) is 36.7 Å². The number of rotatable bonds is 6. The lowest BCUT2D eigenvalue weighted by Gasteiger charge is -2.21. The molecule has 0 radical (unpaired) electrons. The van der Waals surface area contributed by atoms with Crippen LogP contribution in [-0.4, -0.2) is 54.8 Å². The molecule has 1 saturated heterocycles. The van der Waals surface area contributed by atoms with Crippen molar-refractivity contribution in [3.8, 4) is 5.75 Å². The van der Waals surface area contributed by atoms with Crippen LogP contribution in [0.1, 0.15) is 24.8 Å². The molecular formula is C17H22F3N3O3. The van der Waals surface area contributed by atoms with Crippen molar-refractivity contribution in [2.24, 2.45) is 0 Å². The van der Waals surface area contributed by atoms with E-state index in [2.05, 4.69) is 10.1 Å². The highest BCUT2D eigenvalue weighted by atomic mass is 19.4. The largest absolute Gasteiger partial charge is 0.573 e. The molecule has 1 aliphatic heterocycles. The lowest BCUT2D eigenvalue weighted by molar-refractivity contribution is -0.275. The zero-order chi connectivity index (χ0) is 19.2. The molecule has 144 valence electrons. The van der Waals surface area contributed by atoms with Crippen LogP contribution in [-0.2, 0) is 11.3 Å². The van der Waals surface area contributed by atoms with Gasteiger partial charge in [0.2, 0.25) is 5.91 Å². The van der Waals surface area contributed by atoms with Gasteiger partial charge in [-0.1, -0.05) is 18.2 Å². The molecule has 0 unspecified atom stereocenters. The fourth-order valence-corrected chi connectivity index (χ4v) is 2.72. The van der Waals surface area contributed by atoms with E-state index in [1.165, 1.54) is 30.1 Å². The first-order valence-electron chi connectivity index (χ1n) is 8.36. The number of ether oxygens (including phenoxy) is 1. The van der Waals surface area contributed by atoms with Crippen molar-refractivity contribution >= 4 is 11.9 Å². The number of hydrogen-bond acceptors (Lipinski definition) is 3. The highest BCUT2D eigenvalue weighted by molar-refractivity contribution is 5.78. The first-order valence-corrected chi connectivity index (χ1v) is 8.36. The van der Waals surface area contributed by atoms with E-state index >= 15 is 0 Å². The number of amides is 3. The molecule has 9 heteroatoms. The second kappa shape index (κ2) is 8.77. The van der Waals surface area contributed by atoms with E-state index in [1.807, 2.05) is 0 Å². The Morgan fingerprint density at radius 1 is 1.23 bits per heavy atom. The third-order valence-corrected chi connectivity index (χ3v) is 4.03. The normalized spacial score (nSPS) is 14.2. The molecule has 1 aliphatic rings. The molecule has 0 saturated carbocycles. The van der Waals surface area contributed by atoms with Crippen LogP contribution in [0.3, 0.4) is 0 Å². The highest BCUT2D eigenvalue weighted by Crippen LogP contribution is 2.26. The Balaban J connectivity index is 1.82. The van der Waals surface area contributed by atoms with Gasteiger partial charge in [-0.3, -0.25) is 4.79 Å². The summed E-state index contributed by atoms with van der Waals surface area (Å²) in [6.45, 7) is 1.63. The second-order valence-electron chi connectivity index (χ2n) is 6.08. The molecule has 1 N–H and O–H groups in total. The maximum absolute atomic E-state index is 12.4. The summed E-state index contributed by atoms with van der Waals surface area (Å²) in [7, 11) is 1.46. The van der Waals surface area contributed by atoms with Crippen LogP contribution in [0.15, 0.2) is 24.3 Å². The van der Waals surface area contributed by atoms with E-state index in [0.29, 0.717) is 0 Å². The monoisotopic (exact) mass is 373 g/mol. The summed E-state index contributed by atoms with van der Waals surface area (Å²) in [6, 6.07) is 5.18. The SMILES string of the molecule is CN(Cc1ccccc1OC(F)(F)F)C(=O)NCCC(=O)N1CCCC1. The maximum Gasteiger partial charge on any atom is 0.573 e. The first-order chi connectivity index (χ1) is 12.3. The van der Waals surface area contributed by atoms with Gasteiger partial charge in [0.25, 0.3) is 0 Å². The van der Waals surface area contributed by atoms with Gasteiger partial charge >= 0.3 is 12.4 Å². The fourth-order valence-electron chi connectivity index (χ4n) is 2.72. The van der Waals surface area contributed by atoms with E-state index in [0.717, 1.165) is 25.9 Å². The van der Waals surface area contributed by atoms with Crippen LogP contribution in [0.25, 0.3) is 0 Å². The van der Waals surface area contributed by atoms with Gasteiger partial charge in [-0.05, 0) is 18.9 Å². The fraction of sp³-hybridized carbons (Fsp3) is 0.529. The summed E-state index contributed by atoms with van der Waals surface area (Å²) in [5.74, 6) is -0.349. The summed E-state index contributed by atoms with van der Waals surface area (Å²) in [6.07, 6.45) is -2.60. The molecule has 26 heavy (non-hydrogen) atoms. The van der Waals surface area contributed by atoms with Crippen LogP contribution in [0, 0.1) is 0 Å². The summed E-state index contributed by atoms with van der Waals surface area (Å²) in [4.78, 5) is 27.0. The van der Waals surface area contributed by atoms with Gasteiger partial charge in [-0.15, -0.1) is 13.2 Å². The van der Waals surface area contributed by atoms with Crippen LogP contribution in [0.5, 0.6) is 5.75 Å². The van der Waals surface area contributed by atoms with Gasteiger partial charge in [-0.25, -0.2) is 4.79 Å². The van der Waals surface area contributed by atoms with Crippen LogP contribution >= 0.6 is 0 Å². The van der Waals surface area contributed by atoms with Crippen molar-refractivity contribution in [2.45, 2.75) is 32.2 Å². The molecule has 0 bridgehead atoms. The van der Waals surface area contributed by atoms with Crippen LogP contribution < -0.4 is 10.1 Å². The molecular weight excluding hydrogens is 351 g/mol. The molecule has 6 nitrogen and oxygen atoms in total. The van der Waals surface area contributed by atoms with Crippen molar-refractivity contribution in [1.29, 1.82) is 0 Å². The van der Waals surface area contributed by atoms with Crippen molar-refractivity contribution in [2.75, 3.05) is 26.7 Å². The Morgan fingerprint density at radius 3 is 2.54 bits per heavy atom. The van der Waals surface area contributed by atoms with Crippen LogP contribution in [0.2, 0.25) is 0 Å². The van der Waals surface area contributed by atoms with Crippen LogP contribution in [0.4, 0.5) is 18.0 Å². The number of alkyl halides is 3. The number of nitrogens with one attached hydrogen (secondary N) is 1. The number of urea groups is 1. The number of nitrogens with zero attached hydrogens (tertiary/aromatic N) is 2. The number of hydrogen-bond donors (Lipinski definition) is 1. The Hall–Kier alpha value is -2.45. The summed E-state index contributed by atoms with van der Waals surface area (Å²) in [5, 5.41) is 2.60. The summed E-state index contributed by atoms with van der Waals surface area (Å²) in [5.41, 5.74) is 0.232. The number of likely N-dealkylation sites (tertiary alicyclic amines) is 1. The quantitative estimate of drug-likeness (QED) is 0.834. The third kappa shape index (κ3) is 6.12. The van der Waals surface area contributed by atoms with Gasteiger partial charge < -0.3 is 19.9 Å². The third-order valence-electron chi connectivity index (χ3n) is 4.03. The van der Waals surface area contributed by atoms with Gasteiger partial charge in [0.15, 0.2) is 0 Å². The topological polar surface area (TPSA) is 61.9 Å². The van der Waals surface area contributed by atoms with Gasteiger partial charge in [-0.2, -0.15) is 0 Å². The number of benzene rings is 1. The van der Waals surface area contributed by atoms with Crippen molar-refractivity contribution < 1.29 is 27.5 Å². The Bertz CT molecular complexity index is 631. The number of halogens is 3. The first kappa shape index (κ1) is 19.9. The Labute approximate surface area is 149 Å². The van der Waals surface area contributed by atoms with Crippen molar-refractivity contribution in [3.05, 3.63) is 29.8 Å². The number of para-hydroxylation sites is 1. The van der Waals surface area contributed by atoms with Crippen molar-refractivity contribution in [3.63, 3.8) is 0 Å². The number of carbonyl (C=O) groups excluding carboxylic acids is 2. The minimum atomic E-state index is -4.80. The van der Waals surface area contributed by atoms with E-state index in [4.69, 9.17) is 0 Å². The molecule has 0 spiro atoms. The molecule has 0 atom stereocenters. The minimum absolute atomic E-state index is 0.00521. The standard InChI is InChI=1S/C17H22F3N3O3/c1-22(12-13-6-2-3-7-14(13)26-17(18,19)20)16(25)21-9-8-15(24)23-10-4-5-11-23/h2-3,6-7H,4-5,8-12H2,1H3,(H,21,25). The zero-order valence-electron chi connectivity index (χ0n) is 14.5. The Morgan fingerprint density at radius 2 is 1.88 bits per heavy atom. The molecule has 2 rings (SSSR count). The van der Waals surface area contributed by atoms with E-state index in [1.54, 1.807) is 11.0 Å². The molecule has 3 amide bonds. The summed E-state index contributed by atoms with van der Waals surface area (Å²) < 4.78 is 41.3. The van der Waals surface area contributed by atoms with E-state index < -0.39 is 12.4 Å². The zero-order valence-corrected chi connectivity index (χ0v) is 14.5. The molecule has 1 aromatic carbocycles. The van der Waals surface area contributed by atoms with Gasteiger partial charge in [0.05, 0.1) is 6.54 Å². The molecule has 1 fully saturated rings. The minimum Gasteiger partial charge on any atom is -0.405 e. The van der Waals surface area contributed by atoms with Gasteiger partial charge in [0.1, 0.15) is 5.75 Å². The maximum atomic E-state index is 12.4. The Kier molecular flexibility index (Phi) is 6.70. The molecule has 1 heterocycles. The predicted octanol–water partition coefficient (Wildman–Crippen LogP) is 2.74. The smallest absolute Gasteiger partial charge is 0.405 e. The average molecular weight is 373 g/mol. The highest BCUT2D eigenvalue weighted by Gasteiger charge is 2.32. The molecule has 0 aromatic heterocycles. The molecule has 0 aliphatic carbocycles. The predicted molar refractivity (Wildman–Crippen MR) is 88.4 cm³/mol.